The Morgan fingerprint density at radius 3 is 1.62 bits per heavy atom. The monoisotopic (exact) mass is 769 g/mol. The Balaban J connectivity index is 1.14. The van der Waals surface area contributed by atoms with Gasteiger partial charge < -0.3 is 9.64 Å². The van der Waals surface area contributed by atoms with E-state index in [4.69, 9.17) is 4.74 Å². The molecule has 2 unspecified atom stereocenters. The first-order valence-electron chi connectivity index (χ1n) is 21.2. The Hall–Kier alpha value is -7.16. The van der Waals surface area contributed by atoms with Gasteiger partial charge in [0.2, 0.25) is 0 Å². The first kappa shape index (κ1) is 34.8. The maximum atomic E-state index is 7.46. The first-order valence-corrected chi connectivity index (χ1v) is 21.2. The second-order valence-electron chi connectivity index (χ2n) is 17.1. The number of fused-ring (bicyclic) bond motifs is 14. The van der Waals surface area contributed by atoms with E-state index in [1.54, 1.807) is 0 Å². The minimum Gasteiger partial charge on any atom is -0.483 e. The summed E-state index contributed by atoms with van der Waals surface area (Å²) in [6.45, 7) is 4.72. The lowest BCUT2D eigenvalue weighted by molar-refractivity contribution is 0.141. The molecule has 0 fully saturated rings. The highest BCUT2D eigenvalue weighted by molar-refractivity contribution is 5.94. The molecule has 0 radical (unpaired) electrons. The predicted molar refractivity (Wildman–Crippen MR) is 248 cm³/mol. The van der Waals surface area contributed by atoms with Crippen LogP contribution in [0, 0.1) is 5.92 Å². The van der Waals surface area contributed by atoms with E-state index in [1.807, 2.05) is 0 Å². The zero-order valence-electron chi connectivity index (χ0n) is 33.7. The van der Waals surface area contributed by atoms with Crippen molar-refractivity contribution in [1.29, 1.82) is 0 Å². The molecule has 8 aromatic carbocycles. The van der Waals surface area contributed by atoms with Crippen LogP contribution in [0.4, 0.5) is 17.1 Å². The second-order valence-corrected chi connectivity index (χ2v) is 17.1. The van der Waals surface area contributed by atoms with E-state index in [2.05, 4.69) is 231 Å². The fraction of sp³-hybridized carbons (Fsp3) is 0.103. The van der Waals surface area contributed by atoms with Crippen LogP contribution in [0.25, 0.3) is 44.5 Å². The van der Waals surface area contributed by atoms with E-state index in [0.29, 0.717) is 0 Å². The van der Waals surface area contributed by atoms with Gasteiger partial charge in [0, 0.05) is 28.3 Å². The summed E-state index contributed by atoms with van der Waals surface area (Å²) in [5.74, 6) is 0.907. The third-order valence-electron chi connectivity index (χ3n) is 13.8. The smallest absolute Gasteiger partial charge is 0.148 e. The van der Waals surface area contributed by atoms with Crippen molar-refractivity contribution < 1.29 is 4.74 Å². The number of benzene rings is 8. The van der Waals surface area contributed by atoms with Crippen molar-refractivity contribution in [2.45, 2.75) is 30.8 Å². The Bertz CT molecular complexity index is 2990. The van der Waals surface area contributed by atoms with E-state index in [9.17, 15) is 0 Å². The molecule has 3 aliphatic carbocycles. The maximum Gasteiger partial charge on any atom is 0.148 e. The average molecular weight is 770 g/mol. The van der Waals surface area contributed by atoms with Crippen LogP contribution >= 0.6 is 0 Å². The quantitative estimate of drug-likeness (QED) is 0.177. The van der Waals surface area contributed by atoms with Gasteiger partial charge in [0.05, 0.1) is 11.1 Å². The van der Waals surface area contributed by atoms with E-state index in [1.165, 1.54) is 72.3 Å². The molecule has 0 aromatic heterocycles. The van der Waals surface area contributed by atoms with Crippen LogP contribution in [0.3, 0.4) is 0 Å². The van der Waals surface area contributed by atoms with Crippen molar-refractivity contribution in [3.63, 3.8) is 0 Å². The molecule has 0 saturated carbocycles. The van der Waals surface area contributed by atoms with Crippen molar-refractivity contribution in [2.24, 2.45) is 5.92 Å². The topological polar surface area (TPSA) is 12.5 Å². The summed E-state index contributed by atoms with van der Waals surface area (Å²) in [7, 11) is 0. The number of hydrogen-bond donors (Lipinski definition) is 0. The SMILES string of the molecule is CC1(C)c2ccccc2-c2ccc(N(c3ccc(-c4ccccc4)cc3)c3cccc4c3OC3C=CC=CC3C43c4ccccc4-c4ccccc4-c4ccccc43)cc21. The van der Waals surface area contributed by atoms with Crippen LogP contribution in [0.5, 0.6) is 5.75 Å². The Morgan fingerprint density at radius 2 is 0.933 bits per heavy atom. The van der Waals surface area contributed by atoms with Crippen molar-refractivity contribution in [3.8, 4) is 50.3 Å². The van der Waals surface area contributed by atoms with Gasteiger partial charge in [-0.25, -0.2) is 0 Å². The molecule has 12 rings (SSSR count). The standard InChI is InChI=1S/C58H43NO/c1-57(2)48-24-11-8-23-46(48)47-36-35-41(37-53(47)57)59(40-33-31-39(32-34-40)38-17-4-3-5-18-38)54-29-16-28-52-56(54)60-55-30-15-14-27-51(55)58(52)49-25-12-9-21-44(49)42-19-6-7-20-43(42)45-22-10-13-26-50(45)58/h3-37,51,55H,1-2H3. The number of allylic oxidation sites excluding steroid dienone is 2. The Labute approximate surface area is 352 Å². The first-order chi connectivity index (χ1) is 29.5. The number of nitrogens with zero attached hydrogens (tertiary/aromatic N) is 1. The number of ether oxygens (including phenoxy) is 1. The lowest BCUT2D eigenvalue weighted by Gasteiger charge is -2.50. The lowest BCUT2D eigenvalue weighted by atomic mass is 9.57. The van der Waals surface area contributed by atoms with Crippen molar-refractivity contribution in [3.05, 3.63) is 240 Å². The second kappa shape index (κ2) is 13.2. The molecule has 0 N–H and O–H groups in total. The number of rotatable bonds is 4. The fourth-order valence-corrected chi connectivity index (χ4v) is 11.1. The van der Waals surface area contributed by atoms with Gasteiger partial charge in [0.15, 0.2) is 0 Å². The third-order valence-corrected chi connectivity index (χ3v) is 13.8. The molecule has 0 bridgehead atoms. The van der Waals surface area contributed by atoms with E-state index < -0.39 is 5.41 Å². The molecule has 60 heavy (non-hydrogen) atoms. The zero-order valence-corrected chi connectivity index (χ0v) is 33.7. The van der Waals surface area contributed by atoms with E-state index in [0.717, 1.165) is 22.8 Å². The Kier molecular flexibility index (Phi) is 7.65. The summed E-state index contributed by atoms with van der Waals surface area (Å²) in [6.07, 6.45) is 8.83. The molecule has 2 nitrogen and oxygen atoms in total. The predicted octanol–water partition coefficient (Wildman–Crippen LogP) is 14.6. The van der Waals surface area contributed by atoms with Crippen LogP contribution < -0.4 is 9.64 Å². The molecule has 4 aliphatic rings. The van der Waals surface area contributed by atoms with Crippen molar-refractivity contribution in [2.75, 3.05) is 4.90 Å². The summed E-state index contributed by atoms with van der Waals surface area (Å²) in [5.41, 5.74) is 19.0. The van der Waals surface area contributed by atoms with Gasteiger partial charge in [-0.2, -0.15) is 0 Å². The molecular formula is C58H43NO. The van der Waals surface area contributed by atoms with Gasteiger partial charge in [-0.15, -0.1) is 0 Å². The lowest BCUT2D eigenvalue weighted by Crippen LogP contribution is -2.49. The molecule has 0 saturated heterocycles. The number of para-hydroxylation sites is 1. The van der Waals surface area contributed by atoms with E-state index in [-0.39, 0.29) is 17.4 Å². The average Bonchev–Trinajstić information content (AvgIpc) is 3.47. The maximum absolute atomic E-state index is 7.46. The normalized spacial score (nSPS) is 17.8. The van der Waals surface area contributed by atoms with E-state index >= 15 is 0 Å². The van der Waals surface area contributed by atoms with Gasteiger partial charge in [-0.05, 0) is 103 Å². The zero-order chi connectivity index (χ0) is 40.0. The van der Waals surface area contributed by atoms with Crippen LogP contribution in [0.15, 0.2) is 212 Å². The molecule has 1 aliphatic heterocycles. The fourth-order valence-electron chi connectivity index (χ4n) is 11.1. The highest BCUT2D eigenvalue weighted by Crippen LogP contribution is 2.62. The molecule has 286 valence electrons. The summed E-state index contributed by atoms with van der Waals surface area (Å²) < 4.78 is 7.46. The summed E-state index contributed by atoms with van der Waals surface area (Å²) in [4.78, 5) is 2.44. The minimum absolute atomic E-state index is 0.000217. The molecule has 2 atom stereocenters. The van der Waals surface area contributed by atoms with Gasteiger partial charge >= 0.3 is 0 Å². The molecule has 2 heteroatoms. The molecule has 1 spiro atoms. The molecular weight excluding hydrogens is 727 g/mol. The number of hydrogen-bond acceptors (Lipinski definition) is 2. The summed E-state index contributed by atoms with van der Waals surface area (Å²) >= 11 is 0. The van der Waals surface area contributed by atoms with Crippen molar-refractivity contribution >= 4 is 17.1 Å². The highest BCUT2D eigenvalue weighted by atomic mass is 16.5. The summed E-state index contributed by atoms with van der Waals surface area (Å²) in [5, 5.41) is 0. The van der Waals surface area contributed by atoms with Crippen LogP contribution in [-0.2, 0) is 10.8 Å². The van der Waals surface area contributed by atoms with Gasteiger partial charge in [-0.3, -0.25) is 0 Å². The van der Waals surface area contributed by atoms with Gasteiger partial charge in [0.1, 0.15) is 11.9 Å². The van der Waals surface area contributed by atoms with Gasteiger partial charge in [0.25, 0.3) is 0 Å². The van der Waals surface area contributed by atoms with Crippen LogP contribution in [-0.4, -0.2) is 6.10 Å². The highest BCUT2D eigenvalue weighted by Gasteiger charge is 2.55. The molecule has 1 heterocycles. The number of anilines is 3. The van der Waals surface area contributed by atoms with Crippen molar-refractivity contribution in [1.82, 2.24) is 0 Å². The molecule has 0 amide bonds. The molecule has 8 aromatic rings. The van der Waals surface area contributed by atoms with Crippen LogP contribution in [0.2, 0.25) is 0 Å². The van der Waals surface area contributed by atoms with Gasteiger partial charge in [-0.1, -0.05) is 190 Å². The Morgan fingerprint density at radius 1 is 0.417 bits per heavy atom. The van der Waals surface area contributed by atoms with Crippen LogP contribution in [0.1, 0.15) is 41.7 Å². The minimum atomic E-state index is -0.577. The summed E-state index contributed by atoms with van der Waals surface area (Å²) in [6, 6.07) is 69.7. The third kappa shape index (κ3) is 4.88. The largest absolute Gasteiger partial charge is 0.483 e.